The van der Waals surface area contributed by atoms with Crippen molar-refractivity contribution in [2.24, 2.45) is 0 Å². The molecule has 0 saturated heterocycles. The lowest BCUT2D eigenvalue weighted by Crippen LogP contribution is -2.27. The number of methoxy groups -OCH3 is 2. The summed E-state index contributed by atoms with van der Waals surface area (Å²) in [7, 11) is 4.92. The minimum atomic E-state index is -0.198. The van der Waals surface area contributed by atoms with Crippen molar-refractivity contribution in [3.05, 3.63) is 71.5 Å². The first-order valence-corrected chi connectivity index (χ1v) is 9.15. The Labute approximate surface area is 170 Å². The van der Waals surface area contributed by atoms with Crippen molar-refractivity contribution in [3.63, 3.8) is 0 Å². The maximum Gasteiger partial charge on any atom is 0.276 e. The van der Waals surface area contributed by atoms with Crippen LogP contribution in [0.3, 0.4) is 0 Å². The van der Waals surface area contributed by atoms with Gasteiger partial charge in [-0.05, 0) is 42.8 Å². The van der Waals surface area contributed by atoms with Crippen LogP contribution in [0.5, 0.6) is 11.5 Å². The second-order valence-electron chi connectivity index (χ2n) is 6.46. The molecule has 0 aliphatic rings. The molecule has 0 unspecified atom stereocenters. The zero-order chi connectivity index (χ0) is 20.8. The Balaban J connectivity index is 1.76. The number of amides is 1. The van der Waals surface area contributed by atoms with Crippen molar-refractivity contribution in [1.29, 1.82) is 0 Å². The Morgan fingerprint density at radius 1 is 1.00 bits per heavy atom. The van der Waals surface area contributed by atoms with Crippen LogP contribution in [0.1, 0.15) is 21.7 Å². The summed E-state index contributed by atoms with van der Waals surface area (Å²) < 4.78 is 10.6. The highest BCUT2D eigenvalue weighted by atomic mass is 16.5. The molecule has 0 spiro atoms. The van der Waals surface area contributed by atoms with E-state index in [1.807, 2.05) is 55.5 Å². The van der Waals surface area contributed by atoms with Crippen LogP contribution >= 0.6 is 0 Å². The van der Waals surface area contributed by atoms with Crippen LogP contribution in [-0.4, -0.2) is 37.1 Å². The first kappa shape index (κ1) is 20.1. The van der Waals surface area contributed by atoms with Crippen LogP contribution in [0.4, 0.5) is 11.6 Å². The Bertz CT molecular complexity index is 993. The standard InChI is InChI=1S/C22H24N4O3/c1-15-12-18(21(27)26(2)17-8-6-5-7-9-17)25-22(24-15)23-14-16-10-11-19(28-3)20(13-16)29-4/h5-13H,14H2,1-4H3,(H,23,24,25). The average Bonchev–Trinajstić information content (AvgIpc) is 2.76. The summed E-state index contributed by atoms with van der Waals surface area (Å²) in [5, 5.41) is 3.18. The van der Waals surface area contributed by atoms with E-state index in [1.165, 1.54) is 0 Å². The number of hydrogen-bond acceptors (Lipinski definition) is 6. The molecule has 1 amide bonds. The van der Waals surface area contributed by atoms with Gasteiger partial charge in [-0.25, -0.2) is 9.97 Å². The highest BCUT2D eigenvalue weighted by Crippen LogP contribution is 2.27. The smallest absolute Gasteiger partial charge is 0.276 e. The number of para-hydroxylation sites is 1. The molecule has 7 heteroatoms. The van der Waals surface area contributed by atoms with Gasteiger partial charge in [0, 0.05) is 25.0 Å². The third-order valence-corrected chi connectivity index (χ3v) is 4.42. The third kappa shape index (κ3) is 4.82. The van der Waals surface area contributed by atoms with E-state index in [-0.39, 0.29) is 5.91 Å². The highest BCUT2D eigenvalue weighted by molar-refractivity contribution is 6.04. The number of rotatable bonds is 7. The van der Waals surface area contributed by atoms with Gasteiger partial charge >= 0.3 is 0 Å². The monoisotopic (exact) mass is 392 g/mol. The van der Waals surface area contributed by atoms with Crippen molar-refractivity contribution < 1.29 is 14.3 Å². The normalized spacial score (nSPS) is 10.3. The minimum Gasteiger partial charge on any atom is -0.493 e. The number of ether oxygens (including phenoxy) is 2. The minimum absolute atomic E-state index is 0.198. The SMILES string of the molecule is COc1ccc(CNc2nc(C)cc(C(=O)N(C)c3ccccc3)n2)cc1OC. The van der Waals surface area contributed by atoms with Crippen LogP contribution in [0.2, 0.25) is 0 Å². The van der Waals surface area contributed by atoms with E-state index >= 15 is 0 Å². The van der Waals surface area contributed by atoms with E-state index < -0.39 is 0 Å². The van der Waals surface area contributed by atoms with Gasteiger partial charge in [-0.2, -0.15) is 0 Å². The predicted molar refractivity (Wildman–Crippen MR) is 113 cm³/mol. The summed E-state index contributed by atoms with van der Waals surface area (Å²) in [4.78, 5) is 23.2. The molecule has 1 N–H and O–H groups in total. The van der Waals surface area contributed by atoms with Gasteiger partial charge in [0.15, 0.2) is 11.5 Å². The highest BCUT2D eigenvalue weighted by Gasteiger charge is 2.16. The molecular weight excluding hydrogens is 368 g/mol. The molecule has 2 aromatic carbocycles. The molecule has 0 saturated carbocycles. The predicted octanol–water partition coefficient (Wildman–Crippen LogP) is 3.69. The van der Waals surface area contributed by atoms with E-state index in [9.17, 15) is 4.79 Å². The first-order chi connectivity index (χ1) is 14.0. The zero-order valence-corrected chi connectivity index (χ0v) is 17.0. The summed E-state index contributed by atoms with van der Waals surface area (Å²) in [5.74, 6) is 1.51. The van der Waals surface area contributed by atoms with Crippen molar-refractivity contribution >= 4 is 17.5 Å². The van der Waals surface area contributed by atoms with Gasteiger partial charge in [0.05, 0.1) is 14.2 Å². The average molecular weight is 392 g/mol. The Morgan fingerprint density at radius 3 is 2.41 bits per heavy atom. The molecule has 1 heterocycles. The molecule has 0 fully saturated rings. The van der Waals surface area contributed by atoms with E-state index in [0.29, 0.717) is 35.4 Å². The largest absolute Gasteiger partial charge is 0.493 e. The van der Waals surface area contributed by atoms with Gasteiger partial charge < -0.3 is 19.7 Å². The number of carbonyl (C=O) groups is 1. The Morgan fingerprint density at radius 2 is 1.72 bits per heavy atom. The van der Waals surface area contributed by atoms with Gasteiger partial charge in [-0.15, -0.1) is 0 Å². The maximum atomic E-state index is 12.9. The number of hydrogen-bond donors (Lipinski definition) is 1. The van der Waals surface area contributed by atoms with E-state index in [2.05, 4.69) is 15.3 Å². The van der Waals surface area contributed by atoms with E-state index in [4.69, 9.17) is 9.47 Å². The lowest BCUT2D eigenvalue weighted by Gasteiger charge is -2.17. The fraction of sp³-hybridized carbons (Fsp3) is 0.227. The number of aromatic nitrogens is 2. The van der Waals surface area contributed by atoms with Crippen LogP contribution < -0.4 is 19.7 Å². The number of aryl methyl sites for hydroxylation is 1. The van der Waals surface area contributed by atoms with Crippen LogP contribution in [-0.2, 0) is 6.54 Å². The molecular formula is C22H24N4O3. The van der Waals surface area contributed by atoms with Crippen molar-refractivity contribution in [1.82, 2.24) is 9.97 Å². The van der Waals surface area contributed by atoms with Gasteiger partial charge in [0.2, 0.25) is 5.95 Å². The Kier molecular flexibility index (Phi) is 6.29. The topological polar surface area (TPSA) is 76.6 Å². The fourth-order valence-electron chi connectivity index (χ4n) is 2.87. The van der Waals surface area contributed by atoms with Crippen LogP contribution in [0.15, 0.2) is 54.6 Å². The summed E-state index contributed by atoms with van der Waals surface area (Å²) in [6.07, 6.45) is 0. The molecule has 3 aromatic rings. The molecule has 0 aliphatic carbocycles. The lowest BCUT2D eigenvalue weighted by atomic mass is 10.2. The Hall–Kier alpha value is -3.61. The van der Waals surface area contributed by atoms with Crippen LogP contribution in [0.25, 0.3) is 0 Å². The number of nitrogens with zero attached hydrogens (tertiary/aromatic N) is 3. The van der Waals surface area contributed by atoms with E-state index in [1.54, 1.807) is 32.2 Å². The van der Waals surface area contributed by atoms with Gasteiger partial charge in [0.25, 0.3) is 5.91 Å². The third-order valence-electron chi connectivity index (χ3n) is 4.42. The molecule has 0 atom stereocenters. The molecule has 3 rings (SSSR count). The second-order valence-corrected chi connectivity index (χ2v) is 6.46. The summed E-state index contributed by atoms with van der Waals surface area (Å²) in [6.45, 7) is 2.31. The van der Waals surface area contributed by atoms with E-state index in [0.717, 1.165) is 11.3 Å². The number of carbonyl (C=O) groups excluding carboxylic acids is 1. The lowest BCUT2D eigenvalue weighted by molar-refractivity contribution is 0.0988. The van der Waals surface area contributed by atoms with Crippen molar-refractivity contribution in [2.75, 3.05) is 31.5 Å². The van der Waals surface area contributed by atoms with Crippen molar-refractivity contribution in [3.8, 4) is 11.5 Å². The fourth-order valence-corrected chi connectivity index (χ4v) is 2.87. The maximum absolute atomic E-state index is 12.9. The molecule has 150 valence electrons. The zero-order valence-electron chi connectivity index (χ0n) is 17.0. The van der Waals surface area contributed by atoms with Crippen LogP contribution in [0, 0.1) is 6.92 Å². The van der Waals surface area contributed by atoms with Crippen molar-refractivity contribution in [2.45, 2.75) is 13.5 Å². The molecule has 7 nitrogen and oxygen atoms in total. The molecule has 0 bridgehead atoms. The van der Waals surface area contributed by atoms with Gasteiger partial charge in [-0.1, -0.05) is 24.3 Å². The second kappa shape index (κ2) is 9.05. The quantitative estimate of drug-likeness (QED) is 0.661. The summed E-state index contributed by atoms with van der Waals surface area (Å²) >= 11 is 0. The summed E-state index contributed by atoms with van der Waals surface area (Å²) in [6, 6.07) is 16.8. The molecule has 0 radical (unpaired) electrons. The molecule has 1 aromatic heterocycles. The molecule has 0 aliphatic heterocycles. The van der Waals surface area contributed by atoms with Gasteiger partial charge in [0.1, 0.15) is 5.69 Å². The summed E-state index contributed by atoms with van der Waals surface area (Å²) in [5.41, 5.74) is 2.81. The first-order valence-electron chi connectivity index (χ1n) is 9.15. The number of nitrogens with one attached hydrogen (secondary N) is 1. The number of benzene rings is 2. The number of anilines is 2. The molecule has 29 heavy (non-hydrogen) atoms. The van der Waals surface area contributed by atoms with Gasteiger partial charge in [-0.3, -0.25) is 4.79 Å².